The van der Waals surface area contributed by atoms with Gasteiger partial charge in [0.05, 0.1) is 12.7 Å². The molecule has 2 unspecified atom stereocenters. The molecule has 2 atom stereocenters. The van der Waals surface area contributed by atoms with Gasteiger partial charge in [0.15, 0.2) is 0 Å². The highest BCUT2D eigenvalue weighted by atomic mass is 16.5. The van der Waals surface area contributed by atoms with Gasteiger partial charge in [0, 0.05) is 31.7 Å². The number of nitrogens with two attached hydrogens (primary N) is 1. The average molecular weight is 280 g/mol. The van der Waals surface area contributed by atoms with Crippen LogP contribution < -0.4 is 10.5 Å². The molecular formula is C15H24N2O3. The topological polar surface area (TPSA) is 68.0 Å². The summed E-state index contributed by atoms with van der Waals surface area (Å²) < 4.78 is 11.2. The fourth-order valence-corrected chi connectivity index (χ4v) is 2.41. The van der Waals surface area contributed by atoms with E-state index in [4.69, 9.17) is 15.2 Å². The Kier molecular flexibility index (Phi) is 5.79. The minimum Gasteiger partial charge on any atom is -0.491 e. The van der Waals surface area contributed by atoms with Crippen LogP contribution in [0.1, 0.15) is 12.5 Å². The third-order valence-corrected chi connectivity index (χ3v) is 3.42. The lowest BCUT2D eigenvalue weighted by molar-refractivity contribution is -0.0361. The molecule has 0 bridgehead atoms. The maximum Gasteiger partial charge on any atom is 0.123 e. The highest BCUT2D eigenvalue weighted by molar-refractivity contribution is 5.32. The maximum absolute atomic E-state index is 10.1. The van der Waals surface area contributed by atoms with Crippen LogP contribution in [0.5, 0.6) is 5.75 Å². The summed E-state index contributed by atoms with van der Waals surface area (Å²) in [4.78, 5) is 2.21. The smallest absolute Gasteiger partial charge is 0.123 e. The van der Waals surface area contributed by atoms with Crippen molar-refractivity contribution in [2.24, 2.45) is 5.73 Å². The minimum atomic E-state index is -0.508. The Bertz CT molecular complexity index is 414. The summed E-state index contributed by atoms with van der Waals surface area (Å²) in [7, 11) is 0. The first kappa shape index (κ1) is 15.3. The zero-order valence-electron chi connectivity index (χ0n) is 12.0. The number of aliphatic hydroxyl groups excluding tert-OH is 1. The van der Waals surface area contributed by atoms with Gasteiger partial charge in [-0.05, 0) is 13.0 Å². The lowest BCUT2D eigenvalue weighted by atomic mass is 10.2. The Morgan fingerprint density at radius 1 is 1.50 bits per heavy atom. The van der Waals surface area contributed by atoms with E-state index in [9.17, 15) is 5.11 Å². The van der Waals surface area contributed by atoms with Crippen LogP contribution in [-0.4, -0.2) is 55.1 Å². The molecule has 1 saturated heterocycles. The van der Waals surface area contributed by atoms with Crippen molar-refractivity contribution < 1.29 is 14.6 Å². The minimum absolute atomic E-state index is 0.231. The van der Waals surface area contributed by atoms with E-state index in [1.807, 2.05) is 31.2 Å². The quantitative estimate of drug-likeness (QED) is 0.799. The molecule has 1 aliphatic heterocycles. The van der Waals surface area contributed by atoms with Crippen LogP contribution in [0, 0.1) is 0 Å². The summed E-state index contributed by atoms with van der Waals surface area (Å²) >= 11 is 0. The standard InChI is InChI=1S/C15H24N2O3/c1-12-9-17(6-7-19-12)10-14(18)11-20-15-5-3-2-4-13(15)8-16/h2-5,12,14,18H,6-11,16H2,1H3. The highest BCUT2D eigenvalue weighted by Crippen LogP contribution is 2.17. The lowest BCUT2D eigenvalue weighted by Gasteiger charge is -2.32. The number of benzene rings is 1. The van der Waals surface area contributed by atoms with E-state index in [0.717, 1.165) is 31.0 Å². The summed E-state index contributed by atoms with van der Waals surface area (Å²) in [6, 6.07) is 7.65. The van der Waals surface area contributed by atoms with Gasteiger partial charge in [-0.3, -0.25) is 4.90 Å². The van der Waals surface area contributed by atoms with Gasteiger partial charge >= 0.3 is 0 Å². The summed E-state index contributed by atoms with van der Waals surface area (Å²) in [6.45, 7) is 5.82. The summed E-state index contributed by atoms with van der Waals surface area (Å²) in [5.74, 6) is 0.754. The second-order valence-corrected chi connectivity index (χ2v) is 5.22. The zero-order chi connectivity index (χ0) is 14.4. The number of aliphatic hydroxyl groups is 1. The van der Waals surface area contributed by atoms with E-state index in [-0.39, 0.29) is 12.7 Å². The van der Waals surface area contributed by atoms with Crippen molar-refractivity contribution in [1.29, 1.82) is 0 Å². The molecule has 2 rings (SSSR count). The number of hydrogen-bond donors (Lipinski definition) is 2. The fraction of sp³-hybridized carbons (Fsp3) is 0.600. The molecule has 1 aliphatic rings. The normalized spacial score (nSPS) is 21.6. The SMILES string of the molecule is CC1CN(CC(O)COc2ccccc2CN)CCO1. The average Bonchev–Trinajstić information content (AvgIpc) is 2.45. The lowest BCUT2D eigenvalue weighted by Crippen LogP contribution is -2.45. The molecule has 1 aromatic rings. The predicted molar refractivity (Wildman–Crippen MR) is 77.7 cm³/mol. The maximum atomic E-state index is 10.1. The third-order valence-electron chi connectivity index (χ3n) is 3.42. The van der Waals surface area contributed by atoms with Crippen LogP contribution in [0.25, 0.3) is 0 Å². The van der Waals surface area contributed by atoms with E-state index in [1.165, 1.54) is 0 Å². The molecule has 1 heterocycles. The van der Waals surface area contributed by atoms with E-state index < -0.39 is 6.10 Å². The molecule has 0 radical (unpaired) electrons. The molecule has 0 aromatic heterocycles. The third kappa shape index (κ3) is 4.45. The van der Waals surface area contributed by atoms with Crippen molar-refractivity contribution in [3.63, 3.8) is 0 Å². The number of β-amino-alcohol motifs (C(OH)–C–C–N with tert-alkyl or cyclic N) is 1. The molecule has 1 fully saturated rings. The first-order valence-corrected chi connectivity index (χ1v) is 7.12. The Morgan fingerprint density at radius 2 is 2.30 bits per heavy atom. The molecule has 0 aliphatic carbocycles. The molecule has 112 valence electrons. The van der Waals surface area contributed by atoms with E-state index >= 15 is 0 Å². The molecule has 5 nitrogen and oxygen atoms in total. The van der Waals surface area contributed by atoms with E-state index in [2.05, 4.69) is 4.90 Å². The number of hydrogen-bond acceptors (Lipinski definition) is 5. The molecule has 0 spiro atoms. The second kappa shape index (κ2) is 7.59. The van der Waals surface area contributed by atoms with Gasteiger partial charge in [0.25, 0.3) is 0 Å². The highest BCUT2D eigenvalue weighted by Gasteiger charge is 2.19. The summed E-state index contributed by atoms with van der Waals surface area (Å²) in [5.41, 5.74) is 6.62. The van der Waals surface area contributed by atoms with Crippen LogP contribution in [-0.2, 0) is 11.3 Å². The van der Waals surface area contributed by atoms with Crippen LogP contribution in [0.2, 0.25) is 0 Å². The molecule has 0 amide bonds. The van der Waals surface area contributed by atoms with Gasteiger partial charge in [-0.25, -0.2) is 0 Å². The van der Waals surface area contributed by atoms with Gasteiger partial charge in [-0.2, -0.15) is 0 Å². The Balaban J connectivity index is 1.78. The van der Waals surface area contributed by atoms with Gasteiger partial charge in [-0.15, -0.1) is 0 Å². The fourth-order valence-electron chi connectivity index (χ4n) is 2.41. The predicted octanol–water partition coefficient (Wildman–Crippen LogP) is 0.606. The zero-order valence-corrected chi connectivity index (χ0v) is 12.0. The van der Waals surface area contributed by atoms with Crippen LogP contribution in [0.3, 0.4) is 0 Å². The first-order valence-electron chi connectivity index (χ1n) is 7.12. The largest absolute Gasteiger partial charge is 0.491 e. The second-order valence-electron chi connectivity index (χ2n) is 5.22. The molecular weight excluding hydrogens is 256 g/mol. The van der Waals surface area contributed by atoms with Gasteiger partial charge in [0.2, 0.25) is 0 Å². The number of rotatable bonds is 6. The first-order chi connectivity index (χ1) is 9.69. The molecule has 1 aromatic carbocycles. The number of nitrogens with zero attached hydrogens (tertiary/aromatic N) is 1. The molecule has 20 heavy (non-hydrogen) atoms. The van der Waals surface area contributed by atoms with Crippen molar-refractivity contribution in [3.05, 3.63) is 29.8 Å². The molecule has 5 heteroatoms. The number of ether oxygens (including phenoxy) is 2. The van der Waals surface area contributed by atoms with Crippen LogP contribution in [0.15, 0.2) is 24.3 Å². The Morgan fingerprint density at radius 3 is 3.05 bits per heavy atom. The van der Waals surface area contributed by atoms with Crippen molar-refractivity contribution in [1.82, 2.24) is 4.90 Å². The van der Waals surface area contributed by atoms with Crippen molar-refractivity contribution in [2.75, 3.05) is 32.8 Å². The molecule has 3 N–H and O–H groups in total. The number of para-hydroxylation sites is 1. The monoisotopic (exact) mass is 280 g/mol. The summed E-state index contributed by atoms with van der Waals surface area (Å²) in [6.07, 6.45) is -0.277. The number of morpholine rings is 1. The summed E-state index contributed by atoms with van der Waals surface area (Å²) in [5, 5.41) is 10.1. The molecule has 0 saturated carbocycles. The van der Waals surface area contributed by atoms with Gasteiger partial charge in [-0.1, -0.05) is 18.2 Å². The van der Waals surface area contributed by atoms with E-state index in [1.54, 1.807) is 0 Å². The van der Waals surface area contributed by atoms with Gasteiger partial charge < -0.3 is 20.3 Å². The van der Waals surface area contributed by atoms with Crippen molar-refractivity contribution in [2.45, 2.75) is 25.7 Å². The van der Waals surface area contributed by atoms with Crippen LogP contribution in [0.4, 0.5) is 0 Å². The van der Waals surface area contributed by atoms with E-state index in [0.29, 0.717) is 13.1 Å². The van der Waals surface area contributed by atoms with Crippen molar-refractivity contribution in [3.8, 4) is 5.75 Å². The Hall–Kier alpha value is -1.14. The van der Waals surface area contributed by atoms with Gasteiger partial charge in [0.1, 0.15) is 18.5 Å². The van der Waals surface area contributed by atoms with Crippen molar-refractivity contribution >= 4 is 0 Å². The van der Waals surface area contributed by atoms with Crippen LogP contribution >= 0.6 is 0 Å². The Labute approximate surface area is 120 Å².